The first-order chi connectivity index (χ1) is 15.3. The number of aliphatic hydroxyl groups excluding tert-OH is 1. The molecule has 1 saturated heterocycles. The Balaban J connectivity index is 1.61. The third-order valence-corrected chi connectivity index (χ3v) is 5.86. The highest BCUT2D eigenvalue weighted by atomic mass is 16.3. The fraction of sp³-hybridized carbons (Fsp3) is 0.440. The third kappa shape index (κ3) is 6.31. The lowest BCUT2D eigenvalue weighted by molar-refractivity contribution is -0.105. The molecule has 2 amide bonds. The minimum absolute atomic E-state index is 0.0553. The number of phenols is 1. The predicted octanol–water partition coefficient (Wildman–Crippen LogP) is 3.23. The van der Waals surface area contributed by atoms with E-state index < -0.39 is 6.10 Å². The van der Waals surface area contributed by atoms with E-state index in [0.29, 0.717) is 24.9 Å². The first kappa shape index (κ1) is 23.8. The van der Waals surface area contributed by atoms with Crippen molar-refractivity contribution in [1.29, 1.82) is 0 Å². The first-order valence-corrected chi connectivity index (χ1v) is 11.1. The average Bonchev–Trinajstić information content (AvgIpc) is 2.79. The van der Waals surface area contributed by atoms with Gasteiger partial charge in [-0.05, 0) is 74.9 Å². The number of benzene rings is 2. The second-order valence-electron chi connectivity index (χ2n) is 9.05. The molecule has 0 bridgehead atoms. The number of carbonyl (C=O) groups excluding carboxylic acids is 2. The van der Waals surface area contributed by atoms with Crippen LogP contribution in [-0.2, 0) is 11.2 Å². The molecule has 1 aliphatic heterocycles. The summed E-state index contributed by atoms with van der Waals surface area (Å²) in [5.74, 6) is 0.0418. The molecule has 32 heavy (non-hydrogen) atoms. The standard InChI is InChI=1S/C25H33N3O4/c1-25(2,27-16-23(31)19-9-10-22(30)21(14-19)26-17-29)15-18-7-6-8-20(13-18)24(32)28-11-4-3-5-12-28/h6-10,13-14,17,23,27,30-31H,3-5,11-12,15-16H2,1-2H3,(H,26,29)/t23-/m0/s1. The van der Waals surface area contributed by atoms with E-state index in [-0.39, 0.29) is 22.9 Å². The molecule has 7 heteroatoms. The van der Waals surface area contributed by atoms with Gasteiger partial charge in [-0.3, -0.25) is 9.59 Å². The number of nitrogens with one attached hydrogen (secondary N) is 2. The molecule has 0 aromatic heterocycles. The number of aromatic hydroxyl groups is 1. The second kappa shape index (κ2) is 10.6. The largest absolute Gasteiger partial charge is 0.506 e. The van der Waals surface area contributed by atoms with Gasteiger partial charge in [-0.1, -0.05) is 18.2 Å². The normalized spacial score (nSPS) is 15.3. The number of hydrogen-bond acceptors (Lipinski definition) is 5. The molecule has 2 aromatic rings. The number of nitrogens with zero attached hydrogens (tertiary/aromatic N) is 1. The topological polar surface area (TPSA) is 102 Å². The van der Waals surface area contributed by atoms with Crippen LogP contribution in [0.4, 0.5) is 5.69 Å². The molecular weight excluding hydrogens is 406 g/mol. The number of aliphatic hydroxyl groups is 1. The van der Waals surface area contributed by atoms with Crippen molar-refractivity contribution < 1.29 is 19.8 Å². The molecule has 0 aliphatic carbocycles. The van der Waals surface area contributed by atoms with Crippen molar-refractivity contribution >= 4 is 18.0 Å². The van der Waals surface area contributed by atoms with Crippen LogP contribution in [-0.4, -0.2) is 52.6 Å². The van der Waals surface area contributed by atoms with Crippen LogP contribution in [0.25, 0.3) is 0 Å². The van der Waals surface area contributed by atoms with E-state index in [1.807, 2.05) is 29.2 Å². The third-order valence-electron chi connectivity index (χ3n) is 5.86. The second-order valence-corrected chi connectivity index (χ2v) is 9.05. The van der Waals surface area contributed by atoms with Gasteiger partial charge in [-0.25, -0.2) is 0 Å². The molecule has 1 fully saturated rings. The Morgan fingerprint density at radius 2 is 1.91 bits per heavy atom. The monoisotopic (exact) mass is 439 g/mol. The highest BCUT2D eigenvalue weighted by Crippen LogP contribution is 2.27. The van der Waals surface area contributed by atoms with Gasteiger partial charge >= 0.3 is 0 Å². The van der Waals surface area contributed by atoms with E-state index in [2.05, 4.69) is 24.5 Å². The Morgan fingerprint density at radius 1 is 1.16 bits per heavy atom. The van der Waals surface area contributed by atoms with Gasteiger partial charge in [0.05, 0.1) is 11.8 Å². The van der Waals surface area contributed by atoms with Gasteiger partial charge in [-0.2, -0.15) is 0 Å². The Hall–Kier alpha value is -2.90. The molecule has 2 aromatic carbocycles. The number of rotatable bonds is 9. The highest BCUT2D eigenvalue weighted by molar-refractivity contribution is 5.94. The van der Waals surface area contributed by atoms with Gasteiger partial charge in [0.1, 0.15) is 5.75 Å². The minimum atomic E-state index is -0.811. The molecule has 1 atom stereocenters. The van der Waals surface area contributed by atoms with Crippen LogP contribution in [0.15, 0.2) is 42.5 Å². The van der Waals surface area contributed by atoms with E-state index in [0.717, 1.165) is 37.1 Å². The molecule has 7 nitrogen and oxygen atoms in total. The lowest BCUT2D eigenvalue weighted by Crippen LogP contribution is -2.43. The fourth-order valence-electron chi connectivity index (χ4n) is 4.10. The lowest BCUT2D eigenvalue weighted by atomic mass is 9.93. The molecule has 172 valence electrons. The summed E-state index contributed by atoms with van der Waals surface area (Å²) >= 11 is 0. The summed E-state index contributed by atoms with van der Waals surface area (Å²) in [4.78, 5) is 25.4. The summed E-state index contributed by atoms with van der Waals surface area (Å²) in [5, 5.41) is 26.2. The zero-order chi connectivity index (χ0) is 23.1. The molecule has 3 rings (SSSR count). The minimum Gasteiger partial charge on any atom is -0.506 e. The van der Waals surface area contributed by atoms with Crippen molar-refractivity contribution in [3.8, 4) is 5.75 Å². The van der Waals surface area contributed by atoms with Gasteiger partial charge in [0, 0.05) is 30.7 Å². The van der Waals surface area contributed by atoms with Crippen molar-refractivity contribution in [2.24, 2.45) is 0 Å². The molecule has 1 heterocycles. The van der Waals surface area contributed by atoms with E-state index in [1.54, 1.807) is 12.1 Å². The molecule has 0 radical (unpaired) electrons. The number of phenolic OH excluding ortho intramolecular Hbond substituents is 1. The SMILES string of the molecule is CC(C)(Cc1cccc(C(=O)N2CCCCC2)c1)NC[C@H](O)c1ccc(O)c(NC=O)c1. The first-order valence-electron chi connectivity index (χ1n) is 11.1. The molecular formula is C25H33N3O4. The van der Waals surface area contributed by atoms with Gasteiger partial charge in [0.25, 0.3) is 5.91 Å². The molecule has 0 spiro atoms. The predicted molar refractivity (Wildman–Crippen MR) is 125 cm³/mol. The molecule has 4 N–H and O–H groups in total. The summed E-state index contributed by atoms with van der Waals surface area (Å²) in [7, 11) is 0. The van der Waals surface area contributed by atoms with Crippen LogP contribution in [0.2, 0.25) is 0 Å². The number of anilines is 1. The lowest BCUT2D eigenvalue weighted by Gasteiger charge is -2.29. The number of hydrogen-bond donors (Lipinski definition) is 4. The van der Waals surface area contributed by atoms with Crippen molar-refractivity contribution in [2.45, 2.75) is 51.2 Å². The van der Waals surface area contributed by atoms with Gasteiger partial charge < -0.3 is 25.7 Å². The van der Waals surface area contributed by atoms with E-state index >= 15 is 0 Å². The van der Waals surface area contributed by atoms with Crippen LogP contribution in [0.3, 0.4) is 0 Å². The van der Waals surface area contributed by atoms with E-state index in [4.69, 9.17) is 0 Å². The summed E-state index contributed by atoms with van der Waals surface area (Å²) in [6.45, 7) is 6.06. The number of amides is 2. The van der Waals surface area contributed by atoms with Crippen LogP contribution < -0.4 is 10.6 Å². The van der Waals surface area contributed by atoms with Gasteiger partial charge in [0.2, 0.25) is 6.41 Å². The maximum absolute atomic E-state index is 12.8. The maximum atomic E-state index is 12.8. The number of likely N-dealkylation sites (tertiary alicyclic amines) is 1. The smallest absolute Gasteiger partial charge is 0.253 e. The zero-order valence-corrected chi connectivity index (χ0v) is 18.8. The Kier molecular flexibility index (Phi) is 7.88. The number of carbonyl (C=O) groups is 2. The average molecular weight is 440 g/mol. The summed E-state index contributed by atoms with van der Waals surface area (Å²) < 4.78 is 0. The summed E-state index contributed by atoms with van der Waals surface area (Å²) in [6.07, 6.45) is 3.69. The summed E-state index contributed by atoms with van der Waals surface area (Å²) in [6, 6.07) is 12.4. The van der Waals surface area contributed by atoms with Crippen molar-refractivity contribution in [2.75, 3.05) is 25.0 Å². The molecule has 0 unspecified atom stereocenters. The van der Waals surface area contributed by atoms with Crippen LogP contribution >= 0.6 is 0 Å². The van der Waals surface area contributed by atoms with Crippen molar-refractivity contribution in [1.82, 2.24) is 10.2 Å². The Morgan fingerprint density at radius 3 is 2.62 bits per heavy atom. The fourth-order valence-corrected chi connectivity index (χ4v) is 4.10. The van der Waals surface area contributed by atoms with E-state index in [1.165, 1.54) is 12.5 Å². The van der Waals surface area contributed by atoms with Gasteiger partial charge in [0.15, 0.2) is 0 Å². The van der Waals surface area contributed by atoms with Gasteiger partial charge in [-0.15, -0.1) is 0 Å². The highest BCUT2D eigenvalue weighted by Gasteiger charge is 2.22. The summed E-state index contributed by atoms with van der Waals surface area (Å²) in [5.41, 5.74) is 2.30. The van der Waals surface area contributed by atoms with E-state index in [9.17, 15) is 19.8 Å². The molecule has 1 aliphatic rings. The number of piperidine rings is 1. The van der Waals surface area contributed by atoms with Crippen LogP contribution in [0.5, 0.6) is 5.75 Å². The molecule has 0 saturated carbocycles. The quantitative estimate of drug-likeness (QED) is 0.355. The Labute approximate surface area is 189 Å². The zero-order valence-electron chi connectivity index (χ0n) is 18.8. The van der Waals surface area contributed by atoms with Crippen molar-refractivity contribution in [3.05, 3.63) is 59.2 Å². The van der Waals surface area contributed by atoms with Crippen molar-refractivity contribution in [3.63, 3.8) is 0 Å². The van der Waals surface area contributed by atoms with Crippen LogP contribution in [0, 0.1) is 0 Å². The number of β-amino-alcohol motifs (C(OH)–C–C–N with tert-alkyl or cyclic N) is 1. The maximum Gasteiger partial charge on any atom is 0.253 e. The van der Waals surface area contributed by atoms with Crippen LogP contribution in [0.1, 0.15) is 60.7 Å². The Bertz CT molecular complexity index is 939.